The molecule has 8 heteroatoms. The van der Waals surface area contributed by atoms with Crippen LogP contribution in [0.5, 0.6) is 17.2 Å². The van der Waals surface area contributed by atoms with E-state index in [1.165, 1.54) is 11.9 Å². The zero-order chi connectivity index (χ0) is 21.8. The molecule has 2 aliphatic heterocycles. The van der Waals surface area contributed by atoms with Crippen LogP contribution in [-0.2, 0) is 9.59 Å². The molecule has 0 fully saturated rings. The number of anilines is 1. The molecule has 0 spiro atoms. The highest BCUT2D eigenvalue weighted by Crippen LogP contribution is 2.34. The molecular formula is C23H24N2O6. The number of fused-ring (bicyclic) bond motifs is 2. The van der Waals surface area contributed by atoms with Gasteiger partial charge in [-0.15, -0.1) is 0 Å². The molecule has 2 amide bonds. The Labute approximate surface area is 180 Å². The molecule has 2 heterocycles. The van der Waals surface area contributed by atoms with Gasteiger partial charge in [0.25, 0.3) is 5.91 Å². The van der Waals surface area contributed by atoms with Gasteiger partial charge in [-0.25, -0.2) is 0 Å². The van der Waals surface area contributed by atoms with E-state index in [0.717, 1.165) is 6.42 Å². The second kappa shape index (κ2) is 9.07. The first kappa shape index (κ1) is 20.7. The average molecular weight is 424 g/mol. The maximum atomic E-state index is 13.0. The molecule has 0 aromatic heterocycles. The Kier molecular flexibility index (Phi) is 6.06. The second-order valence-corrected chi connectivity index (χ2v) is 7.33. The number of amides is 2. The summed E-state index contributed by atoms with van der Waals surface area (Å²) >= 11 is 0. The first-order chi connectivity index (χ1) is 15.1. The molecule has 4 rings (SSSR count). The first-order valence-electron chi connectivity index (χ1n) is 10.3. The number of nitrogens with zero attached hydrogens (tertiary/aromatic N) is 1. The molecule has 2 aromatic carbocycles. The van der Waals surface area contributed by atoms with Crippen molar-refractivity contribution in [1.82, 2.24) is 5.32 Å². The predicted molar refractivity (Wildman–Crippen MR) is 113 cm³/mol. The van der Waals surface area contributed by atoms with Crippen molar-refractivity contribution >= 4 is 23.3 Å². The van der Waals surface area contributed by atoms with Gasteiger partial charge in [-0.05, 0) is 30.3 Å². The number of carbonyl (C=O) groups excluding carboxylic acids is 3. The molecule has 1 unspecified atom stereocenters. The van der Waals surface area contributed by atoms with Crippen molar-refractivity contribution in [2.24, 2.45) is 0 Å². The minimum absolute atomic E-state index is 0.0159. The Morgan fingerprint density at radius 3 is 2.58 bits per heavy atom. The normalized spacial score (nSPS) is 17.1. The van der Waals surface area contributed by atoms with Crippen LogP contribution in [0.3, 0.4) is 0 Å². The van der Waals surface area contributed by atoms with Gasteiger partial charge < -0.3 is 24.4 Å². The van der Waals surface area contributed by atoms with Crippen LogP contribution in [0.25, 0.3) is 0 Å². The lowest BCUT2D eigenvalue weighted by Crippen LogP contribution is -2.50. The van der Waals surface area contributed by atoms with Gasteiger partial charge in [-0.3, -0.25) is 14.4 Å². The van der Waals surface area contributed by atoms with Crippen LogP contribution in [-0.4, -0.2) is 50.5 Å². The number of rotatable bonds is 5. The van der Waals surface area contributed by atoms with Crippen molar-refractivity contribution < 1.29 is 28.6 Å². The van der Waals surface area contributed by atoms with Crippen LogP contribution in [0, 0.1) is 0 Å². The fourth-order valence-electron chi connectivity index (χ4n) is 3.60. The molecule has 31 heavy (non-hydrogen) atoms. The fourth-order valence-corrected chi connectivity index (χ4v) is 3.60. The maximum Gasteiger partial charge on any atom is 0.262 e. The molecule has 0 aliphatic carbocycles. The summed E-state index contributed by atoms with van der Waals surface area (Å²) in [5.74, 6) is 0.918. The highest BCUT2D eigenvalue weighted by Gasteiger charge is 2.33. The van der Waals surface area contributed by atoms with Crippen molar-refractivity contribution in [2.75, 3.05) is 31.7 Å². The molecule has 0 radical (unpaired) electrons. The summed E-state index contributed by atoms with van der Waals surface area (Å²) in [7, 11) is 1.52. The number of nitrogens with one attached hydrogen (secondary N) is 1. The summed E-state index contributed by atoms with van der Waals surface area (Å²) in [6.07, 6.45) is 0.0381. The van der Waals surface area contributed by atoms with Crippen LogP contribution in [0.15, 0.2) is 42.5 Å². The molecular weight excluding hydrogens is 400 g/mol. The summed E-state index contributed by atoms with van der Waals surface area (Å²) < 4.78 is 17.0. The van der Waals surface area contributed by atoms with Crippen LogP contribution >= 0.6 is 0 Å². The zero-order valence-corrected chi connectivity index (χ0v) is 17.3. The highest BCUT2D eigenvalue weighted by atomic mass is 16.5. The fraction of sp³-hybridized carbons (Fsp3) is 0.348. The van der Waals surface area contributed by atoms with E-state index in [-0.39, 0.29) is 37.0 Å². The van der Waals surface area contributed by atoms with E-state index in [1.807, 2.05) is 0 Å². The van der Waals surface area contributed by atoms with Crippen LogP contribution in [0.4, 0.5) is 5.69 Å². The van der Waals surface area contributed by atoms with E-state index < -0.39 is 6.10 Å². The minimum atomic E-state index is -0.804. The van der Waals surface area contributed by atoms with Gasteiger partial charge in [-0.1, -0.05) is 12.1 Å². The van der Waals surface area contributed by atoms with Crippen molar-refractivity contribution in [3.63, 3.8) is 0 Å². The third kappa shape index (κ3) is 4.47. The Hall–Kier alpha value is -3.55. The molecule has 0 saturated heterocycles. The molecule has 2 aliphatic rings. The highest BCUT2D eigenvalue weighted by molar-refractivity contribution is 6.02. The lowest BCUT2D eigenvalue weighted by Gasteiger charge is -2.34. The molecule has 2 aromatic rings. The van der Waals surface area contributed by atoms with Gasteiger partial charge in [0.2, 0.25) is 5.91 Å². The number of hydrogen-bond acceptors (Lipinski definition) is 6. The minimum Gasteiger partial charge on any atom is -0.490 e. The van der Waals surface area contributed by atoms with E-state index in [9.17, 15) is 14.4 Å². The summed E-state index contributed by atoms with van der Waals surface area (Å²) in [6, 6.07) is 12.1. The maximum absolute atomic E-state index is 13.0. The van der Waals surface area contributed by atoms with Gasteiger partial charge in [0.05, 0.1) is 25.4 Å². The summed E-state index contributed by atoms with van der Waals surface area (Å²) in [4.78, 5) is 39.3. The number of carbonyl (C=O) groups is 3. The number of hydrogen-bond donors (Lipinski definition) is 1. The number of Topliss-reactive ketones (excluding diaryl/α,β-unsaturated/α-hetero) is 1. The summed E-state index contributed by atoms with van der Waals surface area (Å²) in [5.41, 5.74) is 1.07. The van der Waals surface area contributed by atoms with E-state index in [0.29, 0.717) is 41.7 Å². The SMILES string of the molecule is CNC(=O)C1CN(C(=O)CCC(=O)c2ccc3c(c2)OCCCO3)c2ccccc2O1. The van der Waals surface area contributed by atoms with Gasteiger partial charge >= 0.3 is 0 Å². The summed E-state index contributed by atoms with van der Waals surface area (Å²) in [5, 5.41) is 2.55. The lowest BCUT2D eigenvalue weighted by molar-refractivity contribution is -0.127. The zero-order valence-electron chi connectivity index (χ0n) is 17.3. The Morgan fingerprint density at radius 2 is 1.77 bits per heavy atom. The van der Waals surface area contributed by atoms with E-state index in [2.05, 4.69) is 5.32 Å². The van der Waals surface area contributed by atoms with Crippen LogP contribution in [0.1, 0.15) is 29.6 Å². The largest absolute Gasteiger partial charge is 0.490 e. The molecule has 1 N–H and O–H groups in total. The number of para-hydroxylation sites is 2. The predicted octanol–water partition coefficient (Wildman–Crippen LogP) is 2.35. The quantitative estimate of drug-likeness (QED) is 0.741. The Balaban J connectivity index is 1.45. The third-order valence-corrected chi connectivity index (χ3v) is 5.25. The molecule has 0 saturated carbocycles. The Morgan fingerprint density at radius 1 is 1.00 bits per heavy atom. The topological polar surface area (TPSA) is 94.2 Å². The van der Waals surface area contributed by atoms with E-state index in [1.54, 1.807) is 42.5 Å². The smallest absolute Gasteiger partial charge is 0.262 e. The molecule has 8 nitrogen and oxygen atoms in total. The number of ketones is 1. The molecule has 1 atom stereocenters. The van der Waals surface area contributed by atoms with Crippen molar-refractivity contribution in [1.29, 1.82) is 0 Å². The van der Waals surface area contributed by atoms with E-state index in [4.69, 9.17) is 14.2 Å². The van der Waals surface area contributed by atoms with Crippen LogP contribution < -0.4 is 24.4 Å². The van der Waals surface area contributed by atoms with Crippen LogP contribution in [0.2, 0.25) is 0 Å². The van der Waals surface area contributed by atoms with Gasteiger partial charge in [0.1, 0.15) is 5.75 Å². The standard InChI is InChI=1S/C23H24N2O6/c1-24-23(28)21-14-25(16-5-2-3-6-18(16)31-21)22(27)10-8-17(26)15-7-9-19-20(13-15)30-12-4-11-29-19/h2-3,5-7,9,13,21H,4,8,10-12,14H2,1H3,(H,24,28). The first-order valence-corrected chi connectivity index (χ1v) is 10.3. The number of likely N-dealkylation sites (N-methyl/N-ethyl adjacent to an activating group) is 1. The third-order valence-electron chi connectivity index (χ3n) is 5.25. The van der Waals surface area contributed by atoms with Gasteiger partial charge in [-0.2, -0.15) is 0 Å². The van der Waals surface area contributed by atoms with Crippen molar-refractivity contribution in [2.45, 2.75) is 25.4 Å². The Bertz CT molecular complexity index is 1010. The monoisotopic (exact) mass is 424 g/mol. The molecule has 162 valence electrons. The summed E-state index contributed by atoms with van der Waals surface area (Å²) in [6.45, 7) is 1.20. The van der Waals surface area contributed by atoms with Gasteiger partial charge in [0, 0.05) is 31.9 Å². The number of benzene rings is 2. The average Bonchev–Trinajstić information content (AvgIpc) is 3.05. The van der Waals surface area contributed by atoms with E-state index >= 15 is 0 Å². The second-order valence-electron chi connectivity index (χ2n) is 7.33. The number of ether oxygens (including phenoxy) is 3. The lowest BCUT2D eigenvalue weighted by atomic mass is 10.0. The van der Waals surface area contributed by atoms with Crippen molar-refractivity contribution in [3.8, 4) is 17.2 Å². The van der Waals surface area contributed by atoms with Gasteiger partial charge in [0.15, 0.2) is 23.4 Å². The molecule has 0 bridgehead atoms. The van der Waals surface area contributed by atoms with Crippen molar-refractivity contribution in [3.05, 3.63) is 48.0 Å².